The highest BCUT2D eigenvalue weighted by atomic mass is 31.2. The van der Waals surface area contributed by atoms with Crippen molar-refractivity contribution in [3.8, 4) is 0 Å². The molecule has 0 fully saturated rings. The molecule has 92 heavy (non-hydrogen) atoms. The maximum atomic E-state index is 13.0. The van der Waals surface area contributed by atoms with Gasteiger partial charge in [0.1, 0.15) is 19.3 Å². The van der Waals surface area contributed by atoms with Crippen molar-refractivity contribution < 1.29 is 80.2 Å². The van der Waals surface area contributed by atoms with Gasteiger partial charge in [0.25, 0.3) is 0 Å². The Labute approximate surface area is 562 Å². The first-order valence-corrected chi connectivity index (χ1v) is 40.7. The third kappa shape index (κ3) is 66.7. The number of unbranched alkanes of at least 4 members (excludes halogenated alkanes) is 36. The molecule has 0 rings (SSSR count). The number of phosphoric ester groups is 2. The smallest absolute Gasteiger partial charge is 0.462 e. The number of hydrogen-bond donors (Lipinski definition) is 3. The fourth-order valence-electron chi connectivity index (χ4n) is 11.0. The van der Waals surface area contributed by atoms with E-state index in [1.54, 1.807) is 0 Å². The molecule has 0 saturated heterocycles. The van der Waals surface area contributed by atoms with Gasteiger partial charge in [-0.05, 0) is 49.4 Å². The monoisotopic (exact) mass is 1350 g/mol. The van der Waals surface area contributed by atoms with Crippen molar-refractivity contribution in [1.82, 2.24) is 0 Å². The summed E-state index contributed by atoms with van der Waals surface area (Å²) in [6, 6.07) is 0. The molecule has 0 aliphatic rings. The van der Waals surface area contributed by atoms with Gasteiger partial charge >= 0.3 is 39.5 Å². The van der Waals surface area contributed by atoms with E-state index in [1.807, 2.05) is 0 Å². The Morgan fingerprint density at radius 1 is 0.272 bits per heavy atom. The molecule has 0 saturated carbocycles. The van der Waals surface area contributed by atoms with Crippen molar-refractivity contribution in [2.24, 2.45) is 23.7 Å². The lowest BCUT2D eigenvalue weighted by atomic mass is 10.0. The highest BCUT2D eigenvalue weighted by Crippen LogP contribution is 2.45. The van der Waals surface area contributed by atoms with Crippen LogP contribution >= 0.6 is 15.6 Å². The second kappa shape index (κ2) is 62.6. The molecule has 17 nitrogen and oxygen atoms in total. The van der Waals surface area contributed by atoms with Crippen LogP contribution in [-0.4, -0.2) is 96.7 Å². The van der Waals surface area contributed by atoms with E-state index < -0.39 is 97.5 Å². The fourth-order valence-corrected chi connectivity index (χ4v) is 12.6. The van der Waals surface area contributed by atoms with Crippen LogP contribution in [0.4, 0.5) is 0 Å². The lowest BCUT2D eigenvalue weighted by Crippen LogP contribution is -2.30. The molecule has 5 atom stereocenters. The second-order valence-corrected chi connectivity index (χ2v) is 31.1. The number of aliphatic hydroxyl groups is 1. The number of ether oxygens (including phenoxy) is 4. The van der Waals surface area contributed by atoms with Crippen molar-refractivity contribution >= 4 is 39.5 Å². The summed E-state index contributed by atoms with van der Waals surface area (Å²) in [4.78, 5) is 72.7. The highest BCUT2D eigenvalue weighted by Gasteiger charge is 2.30. The molecule has 0 aliphatic heterocycles. The molecule has 0 aromatic rings. The largest absolute Gasteiger partial charge is 0.472 e. The minimum absolute atomic E-state index is 0.105. The molecule has 0 aliphatic carbocycles. The van der Waals surface area contributed by atoms with Gasteiger partial charge in [-0.15, -0.1) is 0 Å². The zero-order chi connectivity index (χ0) is 68.2. The van der Waals surface area contributed by atoms with Crippen molar-refractivity contribution in [1.29, 1.82) is 0 Å². The molecule has 0 radical (unpaired) electrons. The molecule has 0 spiro atoms. The van der Waals surface area contributed by atoms with Gasteiger partial charge in [-0.2, -0.15) is 0 Å². The molecule has 2 unspecified atom stereocenters. The minimum Gasteiger partial charge on any atom is -0.462 e. The SMILES string of the molecule is CC(C)CCCCCCCCCCCCCCC(=O)O[C@H](COC(=O)CCCCCCCCC(C)C)COP(=O)(O)OC[C@H](O)COP(=O)(O)OC[C@@H](COC(=O)CCCCCCCCCCCCCC(C)C)OC(=O)CCCCCCCCCCCCCC(C)C. The van der Waals surface area contributed by atoms with Crippen molar-refractivity contribution in [2.45, 2.75) is 382 Å². The van der Waals surface area contributed by atoms with Crippen LogP contribution in [0.1, 0.15) is 364 Å². The van der Waals surface area contributed by atoms with Gasteiger partial charge in [0.15, 0.2) is 12.2 Å². The first kappa shape index (κ1) is 90.1. The van der Waals surface area contributed by atoms with Crippen LogP contribution in [-0.2, 0) is 65.4 Å². The summed E-state index contributed by atoms with van der Waals surface area (Å²) in [6.07, 6.45) is 45.9. The zero-order valence-corrected chi connectivity index (χ0v) is 62.0. The van der Waals surface area contributed by atoms with E-state index in [0.717, 1.165) is 114 Å². The average molecular weight is 1350 g/mol. The van der Waals surface area contributed by atoms with Gasteiger partial charge in [-0.25, -0.2) is 9.13 Å². The van der Waals surface area contributed by atoms with E-state index in [4.69, 9.17) is 37.0 Å². The standard InChI is InChI=1S/C73H142O17P2/c1-63(2)49-41-33-25-19-13-9-10-16-23-29-39-47-55-72(77)90-69(60-84-71(76)54-46-38-32-31-36-44-52-66(7)8)62-88-92(81,82)86-58-67(74)57-85-91(79,80)87-61-68(89-73(78)56-48-40-30-24-18-12-15-21-27-35-43-51-65(5)6)59-83-70(75)53-45-37-28-22-17-11-14-20-26-34-42-50-64(3)4/h63-69,74H,9-62H2,1-8H3,(H,79,80)(H,81,82)/t67-,68-,69-/m1/s1. The Hall–Kier alpha value is -1.94. The molecule has 0 amide bonds. The van der Waals surface area contributed by atoms with E-state index in [0.29, 0.717) is 31.6 Å². The van der Waals surface area contributed by atoms with Crippen LogP contribution in [0.15, 0.2) is 0 Å². The van der Waals surface area contributed by atoms with Crippen LogP contribution in [0.3, 0.4) is 0 Å². The predicted molar refractivity (Wildman–Crippen MR) is 372 cm³/mol. The molecular weight excluding hydrogens is 1210 g/mol. The number of carbonyl (C=O) groups is 4. The van der Waals surface area contributed by atoms with Crippen molar-refractivity contribution in [3.05, 3.63) is 0 Å². The topological polar surface area (TPSA) is 237 Å². The maximum Gasteiger partial charge on any atom is 0.472 e. The van der Waals surface area contributed by atoms with Gasteiger partial charge in [0.05, 0.1) is 26.4 Å². The summed E-state index contributed by atoms with van der Waals surface area (Å²) < 4.78 is 68.4. The number of phosphoric acid groups is 2. The van der Waals surface area contributed by atoms with Gasteiger partial charge in [0, 0.05) is 25.7 Å². The molecule has 0 aromatic heterocycles. The first-order valence-electron chi connectivity index (χ1n) is 37.7. The predicted octanol–water partition coefficient (Wildman–Crippen LogP) is 20.9. The molecule has 0 heterocycles. The Balaban J connectivity index is 5.25. The molecule has 3 N–H and O–H groups in total. The zero-order valence-electron chi connectivity index (χ0n) is 60.2. The van der Waals surface area contributed by atoms with Crippen LogP contribution < -0.4 is 0 Å². The summed E-state index contributed by atoms with van der Waals surface area (Å²) in [5.74, 6) is 0.867. The van der Waals surface area contributed by atoms with Gasteiger partial charge in [-0.3, -0.25) is 37.3 Å². The number of esters is 4. The van der Waals surface area contributed by atoms with Crippen LogP contribution in [0, 0.1) is 23.7 Å². The Bertz CT molecular complexity index is 1820. The summed E-state index contributed by atoms with van der Waals surface area (Å²) in [7, 11) is -9.91. The van der Waals surface area contributed by atoms with E-state index in [-0.39, 0.29) is 25.7 Å². The van der Waals surface area contributed by atoms with E-state index >= 15 is 0 Å². The summed E-state index contributed by atoms with van der Waals surface area (Å²) in [5, 5.41) is 10.6. The lowest BCUT2D eigenvalue weighted by Gasteiger charge is -2.21. The van der Waals surface area contributed by atoms with E-state index in [9.17, 15) is 43.2 Å². The summed E-state index contributed by atoms with van der Waals surface area (Å²) in [5.41, 5.74) is 0. The van der Waals surface area contributed by atoms with E-state index in [1.165, 1.54) is 161 Å². The van der Waals surface area contributed by atoms with Gasteiger partial charge < -0.3 is 33.8 Å². The first-order chi connectivity index (χ1) is 44.1. The number of rotatable bonds is 70. The molecule has 546 valence electrons. The van der Waals surface area contributed by atoms with Gasteiger partial charge in [-0.1, -0.05) is 312 Å². The summed E-state index contributed by atoms with van der Waals surface area (Å²) >= 11 is 0. The van der Waals surface area contributed by atoms with Gasteiger partial charge in [0.2, 0.25) is 0 Å². The lowest BCUT2D eigenvalue weighted by molar-refractivity contribution is -0.161. The quantitative estimate of drug-likeness (QED) is 0.0222. The second-order valence-electron chi connectivity index (χ2n) is 28.2. The minimum atomic E-state index is -4.95. The third-order valence-corrected chi connectivity index (χ3v) is 18.7. The molecular formula is C73H142O17P2. The fraction of sp³-hybridized carbons (Fsp3) is 0.945. The Morgan fingerprint density at radius 2 is 0.457 bits per heavy atom. The maximum absolute atomic E-state index is 13.0. The summed E-state index contributed by atoms with van der Waals surface area (Å²) in [6.45, 7) is 14.1. The number of aliphatic hydroxyl groups excluding tert-OH is 1. The van der Waals surface area contributed by atoms with Crippen molar-refractivity contribution in [2.75, 3.05) is 39.6 Å². The van der Waals surface area contributed by atoms with Crippen molar-refractivity contribution in [3.63, 3.8) is 0 Å². The molecule has 19 heteroatoms. The normalized spacial score (nSPS) is 14.2. The van der Waals surface area contributed by atoms with Crippen LogP contribution in [0.25, 0.3) is 0 Å². The molecule has 0 aromatic carbocycles. The average Bonchev–Trinajstić information content (AvgIpc) is 1.70. The third-order valence-electron chi connectivity index (χ3n) is 16.8. The Kier molecular flexibility index (Phi) is 61.3. The van der Waals surface area contributed by atoms with Crippen LogP contribution in [0.5, 0.6) is 0 Å². The number of carbonyl (C=O) groups excluding carboxylic acids is 4. The Morgan fingerprint density at radius 3 is 0.674 bits per heavy atom. The number of hydrogen-bond acceptors (Lipinski definition) is 15. The van der Waals surface area contributed by atoms with E-state index in [2.05, 4.69) is 55.4 Å². The van der Waals surface area contributed by atoms with Crippen LogP contribution in [0.2, 0.25) is 0 Å². The highest BCUT2D eigenvalue weighted by molar-refractivity contribution is 7.47. The molecule has 0 bridgehead atoms.